The Morgan fingerprint density at radius 3 is 2.67 bits per heavy atom. The Balaban J connectivity index is 2.47. The molecule has 1 heterocycles. The molecule has 0 amide bonds. The van der Waals surface area contributed by atoms with E-state index >= 15 is 0 Å². The van der Waals surface area contributed by atoms with Gasteiger partial charge in [-0.2, -0.15) is 0 Å². The molecule has 0 aromatic rings. The third-order valence-corrected chi connectivity index (χ3v) is 1.84. The molecule has 0 aromatic carbocycles. The molecule has 1 aliphatic heterocycles. The van der Waals surface area contributed by atoms with Crippen molar-refractivity contribution in [2.75, 3.05) is 6.61 Å². The first-order chi connectivity index (χ1) is 4.20. The van der Waals surface area contributed by atoms with Crippen LogP contribution in [0.2, 0.25) is 0 Å². The van der Waals surface area contributed by atoms with Crippen LogP contribution >= 0.6 is 15.9 Å². The van der Waals surface area contributed by atoms with Gasteiger partial charge < -0.3 is 4.74 Å². The topological polar surface area (TPSA) is 21.6 Å². The van der Waals surface area contributed by atoms with Gasteiger partial charge in [0.25, 0.3) is 4.81 Å². The molecular weight excluding hydrogens is 182 g/mol. The molecule has 0 aliphatic carbocycles. The maximum Gasteiger partial charge on any atom is 0.254 e. The average Bonchev–Trinajstić information content (AvgIpc) is 2.14. The van der Waals surface area contributed by atoms with Gasteiger partial charge >= 0.3 is 0 Å². The summed E-state index contributed by atoms with van der Waals surface area (Å²) in [5.74, 6) is 0.583. The summed E-state index contributed by atoms with van der Waals surface area (Å²) < 4.78 is 5.09. The molecule has 1 atom stereocenters. The van der Waals surface area contributed by atoms with E-state index in [0.29, 0.717) is 16.8 Å². The number of hydrogen-bond acceptors (Lipinski definition) is 2. The summed E-state index contributed by atoms with van der Waals surface area (Å²) in [7, 11) is 0. The third-order valence-electron chi connectivity index (χ3n) is 1.41. The molecular formula is C6H10BrNO. The van der Waals surface area contributed by atoms with E-state index in [-0.39, 0.29) is 0 Å². The SMILES string of the molecule is CC(C)C1COC(Br)=N1. The Morgan fingerprint density at radius 2 is 2.44 bits per heavy atom. The zero-order valence-electron chi connectivity index (χ0n) is 5.60. The normalized spacial score (nSPS) is 26.2. The highest BCUT2D eigenvalue weighted by atomic mass is 79.9. The van der Waals surface area contributed by atoms with Crippen molar-refractivity contribution in [3.05, 3.63) is 0 Å². The minimum atomic E-state index is 0.361. The Kier molecular flexibility index (Phi) is 2.11. The molecule has 2 nitrogen and oxygen atoms in total. The van der Waals surface area contributed by atoms with Gasteiger partial charge in [-0.1, -0.05) is 13.8 Å². The van der Waals surface area contributed by atoms with Crippen molar-refractivity contribution in [3.8, 4) is 0 Å². The van der Waals surface area contributed by atoms with E-state index in [9.17, 15) is 0 Å². The first-order valence-electron chi connectivity index (χ1n) is 3.06. The molecule has 1 rings (SSSR count). The van der Waals surface area contributed by atoms with Crippen molar-refractivity contribution in [3.63, 3.8) is 0 Å². The molecule has 1 aliphatic rings. The van der Waals surface area contributed by atoms with Crippen LogP contribution in [0.3, 0.4) is 0 Å². The number of ether oxygens (including phenoxy) is 1. The summed E-state index contributed by atoms with van der Waals surface area (Å²) in [6, 6.07) is 0.361. The Labute approximate surface area is 63.4 Å². The van der Waals surface area contributed by atoms with Gasteiger partial charge in [0.2, 0.25) is 0 Å². The van der Waals surface area contributed by atoms with Gasteiger partial charge in [-0.15, -0.1) is 0 Å². The highest BCUT2D eigenvalue weighted by molar-refractivity contribution is 9.18. The van der Waals surface area contributed by atoms with E-state index in [1.54, 1.807) is 0 Å². The summed E-state index contributed by atoms with van der Waals surface area (Å²) in [5, 5.41) is 0. The van der Waals surface area contributed by atoms with Crippen molar-refractivity contribution in [2.45, 2.75) is 19.9 Å². The second kappa shape index (κ2) is 2.69. The van der Waals surface area contributed by atoms with Crippen LogP contribution in [0.5, 0.6) is 0 Å². The maximum atomic E-state index is 5.09. The van der Waals surface area contributed by atoms with Gasteiger partial charge in [0.15, 0.2) is 0 Å². The number of nitrogens with zero attached hydrogens (tertiary/aromatic N) is 1. The van der Waals surface area contributed by atoms with Crippen LogP contribution in [0.25, 0.3) is 0 Å². The van der Waals surface area contributed by atoms with E-state index < -0.39 is 0 Å². The summed E-state index contributed by atoms with van der Waals surface area (Å²) in [4.78, 5) is 4.85. The Bertz CT molecular complexity index is 133. The molecule has 0 radical (unpaired) electrons. The fourth-order valence-electron chi connectivity index (χ4n) is 0.701. The maximum absolute atomic E-state index is 5.09. The van der Waals surface area contributed by atoms with Crippen LogP contribution in [-0.4, -0.2) is 17.5 Å². The average molecular weight is 192 g/mol. The molecule has 3 heteroatoms. The monoisotopic (exact) mass is 191 g/mol. The van der Waals surface area contributed by atoms with Crippen LogP contribution in [0.15, 0.2) is 4.99 Å². The number of aliphatic imine (C=N–C) groups is 1. The van der Waals surface area contributed by atoms with Gasteiger partial charge in [-0.3, -0.25) is 0 Å². The van der Waals surface area contributed by atoms with Gasteiger partial charge in [-0.25, -0.2) is 4.99 Å². The highest BCUT2D eigenvalue weighted by Gasteiger charge is 2.19. The molecule has 0 aromatic heterocycles. The molecule has 0 saturated heterocycles. The van der Waals surface area contributed by atoms with Crippen LogP contribution in [0.4, 0.5) is 0 Å². The third kappa shape index (κ3) is 1.68. The van der Waals surface area contributed by atoms with E-state index in [4.69, 9.17) is 4.74 Å². The van der Waals surface area contributed by atoms with Crippen molar-refractivity contribution in [2.24, 2.45) is 10.9 Å². The van der Waals surface area contributed by atoms with Crippen molar-refractivity contribution < 1.29 is 4.74 Å². The fraction of sp³-hybridized carbons (Fsp3) is 0.833. The summed E-state index contributed by atoms with van der Waals surface area (Å²) in [6.07, 6.45) is 0. The first kappa shape index (κ1) is 7.06. The summed E-state index contributed by atoms with van der Waals surface area (Å²) >= 11 is 3.17. The van der Waals surface area contributed by atoms with Crippen LogP contribution < -0.4 is 0 Å². The molecule has 0 spiro atoms. The van der Waals surface area contributed by atoms with E-state index in [0.717, 1.165) is 6.61 Å². The molecule has 52 valence electrons. The van der Waals surface area contributed by atoms with Gasteiger partial charge in [0, 0.05) is 15.9 Å². The Morgan fingerprint density at radius 1 is 1.78 bits per heavy atom. The van der Waals surface area contributed by atoms with E-state index in [1.165, 1.54) is 0 Å². The number of halogens is 1. The van der Waals surface area contributed by atoms with Crippen LogP contribution in [0, 0.1) is 5.92 Å². The second-order valence-corrected chi connectivity index (χ2v) is 3.18. The van der Waals surface area contributed by atoms with Gasteiger partial charge in [0.1, 0.15) is 6.61 Å². The highest BCUT2D eigenvalue weighted by Crippen LogP contribution is 2.15. The molecule has 0 fully saturated rings. The quantitative estimate of drug-likeness (QED) is 0.620. The molecule has 1 unspecified atom stereocenters. The summed E-state index contributed by atoms with van der Waals surface area (Å²) in [6.45, 7) is 5.02. The smallest absolute Gasteiger partial charge is 0.254 e. The molecule has 0 saturated carbocycles. The number of rotatable bonds is 1. The lowest BCUT2D eigenvalue weighted by molar-refractivity contribution is 0.297. The van der Waals surface area contributed by atoms with E-state index in [1.807, 2.05) is 0 Å². The summed E-state index contributed by atoms with van der Waals surface area (Å²) in [5.41, 5.74) is 0. The largest absolute Gasteiger partial charge is 0.470 e. The van der Waals surface area contributed by atoms with Crippen molar-refractivity contribution >= 4 is 20.7 Å². The zero-order valence-corrected chi connectivity index (χ0v) is 7.18. The van der Waals surface area contributed by atoms with Crippen molar-refractivity contribution in [1.29, 1.82) is 0 Å². The van der Waals surface area contributed by atoms with Gasteiger partial charge in [0.05, 0.1) is 6.04 Å². The molecule has 0 N–H and O–H groups in total. The van der Waals surface area contributed by atoms with Crippen LogP contribution in [0.1, 0.15) is 13.8 Å². The molecule has 9 heavy (non-hydrogen) atoms. The van der Waals surface area contributed by atoms with E-state index in [2.05, 4.69) is 34.8 Å². The fourth-order valence-corrected chi connectivity index (χ4v) is 1.10. The lowest BCUT2D eigenvalue weighted by atomic mass is 10.1. The zero-order chi connectivity index (χ0) is 6.85. The number of hydrogen-bond donors (Lipinski definition) is 0. The Hall–Kier alpha value is -0.0500. The first-order valence-corrected chi connectivity index (χ1v) is 3.85. The lowest BCUT2D eigenvalue weighted by Crippen LogP contribution is -2.13. The lowest BCUT2D eigenvalue weighted by Gasteiger charge is -2.06. The predicted octanol–water partition coefficient (Wildman–Crippen LogP) is 1.79. The predicted molar refractivity (Wildman–Crippen MR) is 40.9 cm³/mol. The van der Waals surface area contributed by atoms with Crippen LogP contribution in [-0.2, 0) is 4.74 Å². The standard InChI is InChI=1S/C6H10BrNO/c1-4(2)5-3-9-6(7)8-5/h4-5H,3H2,1-2H3. The van der Waals surface area contributed by atoms with Crippen molar-refractivity contribution in [1.82, 2.24) is 0 Å². The molecule has 0 bridgehead atoms. The minimum absolute atomic E-state index is 0.361. The minimum Gasteiger partial charge on any atom is -0.470 e. The second-order valence-electron chi connectivity index (χ2n) is 2.50. The van der Waals surface area contributed by atoms with Gasteiger partial charge in [-0.05, 0) is 5.92 Å².